The Labute approximate surface area is 104 Å². The van der Waals surface area contributed by atoms with Crippen LogP contribution in [0.3, 0.4) is 0 Å². The van der Waals surface area contributed by atoms with Crippen molar-refractivity contribution in [2.45, 2.75) is 0 Å². The molecule has 3 nitrogen and oxygen atoms in total. The van der Waals surface area contributed by atoms with Gasteiger partial charge in [-0.05, 0) is 35.4 Å². The van der Waals surface area contributed by atoms with E-state index in [2.05, 4.69) is 0 Å². The first-order chi connectivity index (χ1) is 8.65. The third-order valence-corrected chi connectivity index (χ3v) is 2.66. The minimum atomic E-state index is -0.418. The van der Waals surface area contributed by atoms with Crippen molar-refractivity contribution < 1.29 is 19.0 Å². The fourth-order valence-electron chi connectivity index (χ4n) is 1.71. The molecule has 0 aliphatic carbocycles. The molecule has 0 aromatic heterocycles. The van der Waals surface area contributed by atoms with Crippen molar-refractivity contribution in [2.24, 2.45) is 0 Å². The molecule has 0 aliphatic rings. The van der Waals surface area contributed by atoms with E-state index in [4.69, 9.17) is 9.47 Å². The number of hydrogen-bond donors (Lipinski definition) is 1. The fraction of sp³-hybridized carbons (Fsp3) is 0.143. The van der Waals surface area contributed by atoms with Crippen LogP contribution in [0.25, 0.3) is 11.1 Å². The maximum atomic E-state index is 13.3. The molecule has 0 saturated carbocycles. The zero-order valence-corrected chi connectivity index (χ0v) is 10.1. The average molecular weight is 248 g/mol. The number of phenols is 1. The summed E-state index contributed by atoms with van der Waals surface area (Å²) >= 11 is 0. The Morgan fingerprint density at radius 3 is 2.11 bits per heavy atom. The Morgan fingerprint density at radius 1 is 0.889 bits per heavy atom. The summed E-state index contributed by atoms with van der Waals surface area (Å²) in [6.45, 7) is 0. The van der Waals surface area contributed by atoms with E-state index in [-0.39, 0.29) is 11.5 Å². The van der Waals surface area contributed by atoms with Crippen LogP contribution in [0.1, 0.15) is 0 Å². The summed E-state index contributed by atoms with van der Waals surface area (Å²) in [5.74, 6) is 0.188. The van der Waals surface area contributed by atoms with Crippen LogP contribution < -0.4 is 9.47 Å². The Balaban J connectivity index is 2.45. The minimum Gasteiger partial charge on any atom is -0.504 e. The number of benzene rings is 2. The van der Waals surface area contributed by atoms with Gasteiger partial charge in [0, 0.05) is 0 Å². The predicted octanol–water partition coefficient (Wildman–Crippen LogP) is 3.22. The topological polar surface area (TPSA) is 38.7 Å². The van der Waals surface area contributed by atoms with Gasteiger partial charge in [-0.2, -0.15) is 0 Å². The second kappa shape index (κ2) is 4.96. The third kappa shape index (κ3) is 2.22. The highest BCUT2D eigenvalue weighted by Gasteiger charge is 2.08. The minimum absolute atomic E-state index is 0.0401. The highest BCUT2D eigenvalue weighted by atomic mass is 19.1. The number of ether oxygens (including phenoxy) is 2. The van der Waals surface area contributed by atoms with Gasteiger partial charge in [-0.3, -0.25) is 0 Å². The summed E-state index contributed by atoms with van der Waals surface area (Å²) in [6, 6.07) is 9.53. The van der Waals surface area contributed by atoms with Gasteiger partial charge < -0.3 is 14.6 Å². The molecule has 2 rings (SSSR count). The summed E-state index contributed by atoms with van der Waals surface area (Å²) in [5.41, 5.74) is 1.51. The molecule has 0 atom stereocenters. The van der Waals surface area contributed by atoms with Gasteiger partial charge in [0.2, 0.25) is 0 Å². The maximum Gasteiger partial charge on any atom is 0.165 e. The van der Waals surface area contributed by atoms with Crippen LogP contribution in [-0.4, -0.2) is 19.3 Å². The molecule has 0 heterocycles. The van der Waals surface area contributed by atoms with E-state index in [0.29, 0.717) is 5.75 Å². The van der Waals surface area contributed by atoms with Crippen LogP contribution in [0, 0.1) is 5.82 Å². The Kier molecular flexibility index (Phi) is 3.37. The van der Waals surface area contributed by atoms with Gasteiger partial charge in [-0.15, -0.1) is 0 Å². The quantitative estimate of drug-likeness (QED) is 0.906. The fourth-order valence-corrected chi connectivity index (χ4v) is 1.71. The summed E-state index contributed by atoms with van der Waals surface area (Å²) in [4.78, 5) is 0. The van der Waals surface area contributed by atoms with Crippen LogP contribution in [0.4, 0.5) is 4.39 Å². The van der Waals surface area contributed by atoms with Crippen LogP contribution in [0.15, 0.2) is 36.4 Å². The number of aromatic hydroxyl groups is 1. The molecule has 0 unspecified atom stereocenters. The molecule has 0 spiro atoms. The zero-order valence-electron chi connectivity index (χ0n) is 10.1. The van der Waals surface area contributed by atoms with E-state index in [1.807, 2.05) is 0 Å². The summed E-state index contributed by atoms with van der Waals surface area (Å²) in [5, 5.41) is 9.70. The van der Waals surface area contributed by atoms with Gasteiger partial charge in [0.1, 0.15) is 0 Å². The van der Waals surface area contributed by atoms with Crippen molar-refractivity contribution in [1.29, 1.82) is 0 Å². The largest absolute Gasteiger partial charge is 0.504 e. The highest BCUT2D eigenvalue weighted by molar-refractivity contribution is 5.68. The van der Waals surface area contributed by atoms with Gasteiger partial charge in [-0.25, -0.2) is 4.39 Å². The lowest BCUT2D eigenvalue weighted by molar-refractivity contribution is 0.373. The second-order valence-electron chi connectivity index (χ2n) is 3.74. The SMILES string of the molecule is COc1ccc(-c2ccc(F)c(OC)c2)cc1O. The molecular formula is C14H13FO3. The Morgan fingerprint density at radius 2 is 1.50 bits per heavy atom. The second-order valence-corrected chi connectivity index (χ2v) is 3.74. The molecule has 0 radical (unpaired) electrons. The van der Waals surface area contributed by atoms with E-state index >= 15 is 0 Å². The third-order valence-electron chi connectivity index (χ3n) is 2.66. The van der Waals surface area contributed by atoms with E-state index in [9.17, 15) is 9.50 Å². The normalized spacial score (nSPS) is 10.2. The molecule has 18 heavy (non-hydrogen) atoms. The highest BCUT2D eigenvalue weighted by Crippen LogP contribution is 2.33. The van der Waals surface area contributed by atoms with Crippen molar-refractivity contribution in [1.82, 2.24) is 0 Å². The zero-order chi connectivity index (χ0) is 13.1. The lowest BCUT2D eigenvalue weighted by atomic mass is 10.0. The van der Waals surface area contributed by atoms with Crippen molar-refractivity contribution >= 4 is 0 Å². The van der Waals surface area contributed by atoms with Gasteiger partial charge in [0.15, 0.2) is 23.1 Å². The average Bonchev–Trinajstić information content (AvgIpc) is 2.39. The maximum absolute atomic E-state index is 13.3. The molecule has 0 amide bonds. The van der Waals surface area contributed by atoms with E-state index in [0.717, 1.165) is 11.1 Å². The van der Waals surface area contributed by atoms with Crippen molar-refractivity contribution in [3.8, 4) is 28.4 Å². The molecule has 0 saturated heterocycles. The molecular weight excluding hydrogens is 235 g/mol. The van der Waals surface area contributed by atoms with Crippen molar-refractivity contribution in [3.63, 3.8) is 0 Å². The standard InChI is InChI=1S/C14H13FO3/c1-17-13-6-4-9(7-12(13)16)10-3-5-11(15)14(8-10)18-2/h3-8,16H,1-2H3. The number of methoxy groups -OCH3 is 2. The lowest BCUT2D eigenvalue weighted by Gasteiger charge is -2.08. The van der Waals surface area contributed by atoms with E-state index < -0.39 is 5.82 Å². The lowest BCUT2D eigenvalue weighted by Crippen LogP contribution is -1.89. The summed E-state index contributed by atoms with van der Waals surface area (Å²) < 4.78 is 23.2. The van der Waals surface area contributed by atoms with Crippen LogP contribution in [0.5, 0.6) is 17.2 Å². The first-order valence-electron chi connectivity index (χ1n) is 5.36. The van der Waals surface area contributed by atoms with Crippen molar-refractivity contribution in [3.05, 3.63) is 42.2 Å². The first-order valence-corrected chi connectivity index (χ1v) is 5.36. The molecule has 1 N–H and O–H groups in total. The summed E-state index contributed by atoms with van der Waals surface area (Å²) in [6.07, 6.45) is 0. The van der Waals surface area contributed by atoms with E-state index in [1.165, 1.54) is 20.3 Å². The van der Waals surface area contributed by atoms with Gasteiger partial charge in [0.25, 0.3) is 0 Å². The molecule has 0 bridgehead atoms. The molecule has 0 fully saturated rings. The van der Waals surface area contributed by atoms with Gasteiger partial charge >= 0.3 is 0 Å². The molecule has 2 aromatic rings. The smallest absolute Gasteiger partial charge is 0.165 e. The monoisotopic (exact) mass is 248 g/mol. The van der Waals surface area contributed by atoms with Crippen LogP contribution in [0.2, 0.25) is 0 Å². The van der Waals surface area contributed by atoms with Crippen molar-refractivity contribution in [2.75, 3.05) is 14.2 Å². The Bertz CT molecular complexity index is 567. The molecule has 2 aromatic carbocycles. The molecule has 0 aliphatic heterocycles. The Hall–Kier alpha value is -2.23. The van der Waals surface area contributed by atoms with Crippen LogP contribution >= 0.6 is 0 Å². The first kappa shape index (κ1) is 12.2. The molecule has 94 valence electrons. The number of rotatable bonds is 3. The number of hydrogen-bond acceptors (Lipinski definition) is 3. The van der Waals surface area contributed by atoms with Gasteiger partial charge in [-0.1, -0.05) is 12.1 Å². The molecule has 4 heteroatoms. The summed E-state index contributed by atoms with van der Waals surface area (Å²) in [7, 11) is 2.89. The predicted molar refractivity (Wildman–Crippen MR) is 66.6 cm³/mol. The number of halogens is 1. The number of phenolic OH excluding ortho intramolecular Hbond substituents is 1. The van der Waals surface area contributed by atoms with Gasteiger partial charge in [0.05, 0.1) is 14.2 Å². The van der Waals surface area contributed by atoms with Crippen LogP contribution in [-0.2, 0) is 0 Å². The van der Waals surface area contributed by atoms with E-state index in [1.54, 1.807) is 30.3 Å².